The zero-order valence-electron chi connectivity index (χ0n) is 20.5. The molecule has 1 heterocycles. The van der Waals surface area contributed by atoms with E-state index in [0.29, 0.717) is 25.2 Å². The summed E-state index contributed by atoms with van der Waals surface area (Å²) in [4.78, 5) is 19.2. The molecule has 37 heavy (non-hydrogen) atoms. The minimum absolute atomic E-state index is 0. The molecule has 1 amide bonds. The molecule has 3 rings (SSSR count). The first-order valence-corrected chi connectivity index (χ1v) is 11.4. The van der Waals surface area contributed by atoms with Gasteiger partial charge < -0.3 is 9.80 Å². The van der Waals surface area contributed by atoms with Crippen molar-refractivity contribution in [2.45, 2.75) is 31.2 Å². The second-order valence-electron chi connectivity index (χ2n) is 8.93. The zero-order chi connectivity index (χ0) is 25.8. The van der Waals surface area contributed by atoms with E-state index in [2.05, 4.69) is 9.80 Å². The minimum Gasteiger partial charge on any atom is -0.344 e. The van der Waals surface area contributed by atoms with E-state index >= 15 is 0 Å². The fourth-order valence-electron chi connectivity index (χ4n) is 4.25. The molecule has 0 N–H and O–H groups in total. The van der Waals surface area contributed by atoms with Crippen LogP contribution in [-0.2, 0) is 23.6 Å². The third-order valence-electron chi connectivity index (χ3n) is 6.23. The van der Waals surface area contributed by atoms with Crippen LogP contribution in [0.15, 0.2) is 48.5 Å². The molecule has 0 saturated carbocycles. The number of rotatable bonds is 6. The molecule has 1 aliphatic rings. The molecule has 1 atom stereocenters. The molecule has 208 valence electrons. The zero-order valence-corrected chi connectivity index (χ0v) is 22.1. The first kappa shape index (κ1) is 33.0. The van der Waals surface area contributed by atoms with Gasteiger partial charge in [-0.05, 0) is 55.8 Å². The number of carbonyl (C=O) groups is 1. The molecule has 2 aromatic carbocycles. The maximum Gasteiger partial charge on any atom is 0.416 e. The minimum atomic E-state index is -4.91. The van der Waals surface area contributed by atoms with Gasteiger partial charge >= 0.3 is 12.4 Å². The van der Waals surface area contributed by atoms with Crippen molar-refractivity contribution in [3.63, 3.8) is 0 Å². The van der Waals surface area contributed by atoms with Crippen molar-refractivity contribution in [3.8, 4) is 0 Å². The molecule has 0 spiro atoms. The van der Waals surface area contributed by atoms with Crippen LogP contribution >= 0.6 is 24.8 Å². The van der Waals surface area contributed by atoms with Gasteiger partial charge in [0.2, 0.25) is 5.91 Å². The highest BCUT2D eigenvalue weighted by Crippen LogP contribution is 2.36. The van der Waals surface area contributed by atoms with Crippen LogP contribution in [0.4, 0.5) is 26.3 Å². The van der Waals surface area contributed by atoms with Gasteiger partial charge in [0, 0.05) is 33.2 Å². The first-order valence-electron chi connectivity index (χ1n) is 11.4. The molecule has 0 bridgehead atoms. The van der Waals surface area contributed by atoms with Crippen molar-refractivity contribution < 1.29 is 31.1 Å². The number of nitrogens with zero attached hydrogens (tertiary/aromatic N) is 3. The van der Waals surface area contributed by atoms with Crippen molar-refractivity contribution in [3.05, 3.63) is 70.8 Å². The molecular weight excluding hydrogens is 543 g/mol. The summed E-state index contributed by atoms with van der Waals surface area (Å²) in [6.45, 7) is 3.03. The van der Waals surface area contributed by atoms with Gasteiger partial charge in [0.25, 0.3) is 0 Å². The monoisotopic (exact) mass is 573 g/mol. The Kier molecular flexibility index (Phi) is 12.2. The number of likely N-dealkylation sites (N-methyl/N-ethyl adjacent to an activating group) is 2. The second kappa shape index (κ2) is 13.7. The molecule has 1 aliphatic heterocycles. The molecule has 12 heteroatoms. The van der Waals surface area contributed by atoms with Gasteiger partial charge in [0.15, 0.2) is 0 Å². The van der Waals surface area contributed by atoms with Crippen LogP contribution in [0.1, 0.15) is 34.7 Å². The van der Waals surface area contributed by atoms with Gasteiger partial charge in [-0.15, -0.1) is 24.8 Å². The Labute approximate surface area is 225 Å². The van der Waals surface area contributed by atoms with E-state index in [1.165, 1.54) is 11.9 Å². The molecule has 1 saturated heterocycles. The lowest BCUT2D eigenvalue weighted by Crippen LogP contribution is -2.43. The van der Waals surface area contributed by atoms with E-state index in [-0.39, 0.29) is 55.3 Å². The van der Waals surface area contributed by atoms with Crippen LogP contribution < -0.4 is 0 Å². The van der Waals surface area contributed by atoms with E-state index in [1.807, 2.05) is 37.4 Å². The lowest BCUT2D eigenvalue weighted by atomic mass is 10.0. The highest BCUT2D eigenvalue weighted by atomic mass is 35.5. The summed E-state index contributed by atoms with van der Waals surface area (Å²) in [5.41, 5.74) is -2.04. The van der Waals surface area contributed by atoms with Gasteiger partial charge in [0.05, 0.1) is 11.1 Å². The summed E-state index contributed by atoms with van der Waals surface area (Å²) in [6.07, 6.45) is -9.08. The van der Waals surface area contributed by atoms with E-state index in [9.17, 15) is 31.1 Å². The van der Waals surface area contributed by atoms with Gasteiger partial charge in [-0.2, -0.15) is 26.3 Å². The quantitative estimate of drug-likeness (QED) is 0.400. The Balaban J connectivity index is 0.00000342. The Morgan fingerprint density at radius 3 is 2.00 bits per heavy atom. The van der Waals surface area contributed by atoms with E-state index in [1.54, 1.807) is 0 Å². The smallest absolute Gasteiger partial charge is 0.344 e. The van der Waals surface area contributed by atoms with Gasteiger partial charge in [0.1, 0.15) is 6.04 Å². The highest BCUT2D eigenvalue weighted by Gasteiger charge is 2.37. The lowest BCUT2D eigenvalue weighted by Gasteiger charge is -2.33. The summed E-state index contributed by atoms with van der Waals surface area (Å²) in [7, 11) is 3.54. The van der Waals surface area contributed by atoms with Gasteiger partial charge in [-0.1, -0.05) is 30.3 Å². The third-order valence-corrected chi connectivity index (χ3v) is 6.23. The average Bonchev–Trinajstić information content (AvgIpc) is 3.01. The second-order valence-corrected chi connectivity index (χ2v) is 8.93. The van der Waals surface area contributed by atoms with E-state index in [0.717, 1.165) is 25.1 Å². The Bertz CT molecular complexity index is 972. The van der Waals surface area contributed by atoms with Gasteiger partial charge in [-0.25, -0.2) is 0 Å². The predicted molar refractivity (Wildman–Crippen MR) is 135 cm³/mol. The fourth-order valence-corrected chi connectivity index (χ4v) is 4.25. The molecule has 0 radical (unpaired) electrons. The Morgan fingerprint density at radius 1 is 0.892 bits per heavy atom. The standard InChI is InChI=1S/C25H29F6N3O.2ClH/c1-32-10-6-11-34(14-13-32)22(19-7-4-3-5-8-19)23(35)33(2)12-9-18-15-20(24(26,27)28)17-21(16-18)25(29,30)31;;/h3-5,7-8,15-17,22H,6,9-14H2,1-2H3;2*1H. The number of halogens is 8. The molecule has 1 fully saturated rings. The molecule has 2 aromatic rings. The fraction of sp³-hybridized carbons (Fsp3) is 0.480. The predicted octanol–water partition coefficient (Wildman–Crippen LogP) is 5.95. The van der Waals surface area contributed by atoms with Crippen molar-refractivity contribution in [1.82, 2.24) is 14.7 Å². The van der Waals surface area contributed by atoms with Crippen molar-refractivity contribution in [2.75, 3.05) is 46.8 Å². The first-order chi connectivity index (χ1) is 16.4. The molecule has 1 unspecified atom stereocenters. The summed E-state index contributed by atoms with van der Waals surface area (Å²) in [6, 6.07) is 10.2. The highest BCUT2D eigenvalue weighted by molar-refractivity contribution is 5.85. The summed E-state index contributed by atoms with van der Waals surface area (Å²) < 4.78 is 79.1. The van der Waals surface area contributed by atoms with Crippen LogP contribution in [0.2, 0.25) is 0 Å². The topological polar surface area (TPSA) is 26.8 Å². The van der Waals surface area contributed by atoms with Crippen LogP contribution in [0.3, 0.4) is 0 Å². The summed E-state index contributed by atoms with van der Waals surface area (Å²) >= 11 is 0. The van der Waals surface area contributed by atoms with E-state index in [4.69, 9.17) is 0 Å². The maximum absolute atomic E-state index is 13.5. The molecule has 0 aromatic heterocycles. The number of carbonyl (C=O) groups excluding carboxylic acids is 1. The maximum atomic E-state index is 13.5. The number of amides is 1. The molecule has 4 nitrogen and oxygen atoms in total. The van der Waals surface area contributed by atoms with Crippen molar-refractivity contribution >= 4 is 30.7 Å². The van der Waals surface area contributed by atoms with Crippen molar-refractivity contribution in [2.24, 2.45) is 0 Å². The van der Waals surface area contributed by atoms with Crippen molar-refractivity contribution in [1.29, 1.82) is 0 Å². The average molecular weight is 574 g/mol. The molecule has 0 aliphatic carbocycles. The van der Waals surface area contributed by atoms with Crippen LogP contribution in [0, 0.1) is 0 Å². The number of benzene rings is 2. The number of hydrogen-bond acceptors (Lipinski definition) is 3. The van der Waals surface area contributed by atoms with Crippen LogP contribution in [0.5, 0.6) is 0 Å². The number of hydrogen-bond donors (Lipinski definition) is 0. The Morgan fingerprint density at radius 2 is 1.46 bits per heavy atom. The lowest BCUT2D eigenvalue weighted by molar-refractivity contribution is -0.143. The van der Waals surface area contributed by atoms with Crippen LogP contribution in [0.25, 0.3) is 0 Å². The summed E-state index contributed by atoms with van der Waals surface area (Å²) in [5, 5.41) is 0. The van der Waals surface area contributed by atoms with Crippen LogP contribution in [-0.4, -0.2) is 67.4 Å². The number of alkyl halides is 6. The SMILES string of the molecule is CN1CCCN(C(C(=O)N(C)CCc2cc(C(F)(F)F)cc(C(F)(F)F)c2)c2ccccc2)CC1.Cl.Cl. The largest absolute Gasteiger partial charge is 0.416 e. The van der Waals surface area contributed by atoms with Gasteiger partial charge in [-0.3, -0.25) is 9.69 Å². The normalized spacial score (nSPS) is 16.2. The Hall–Kier alpha value is -2.01. The third kappa shape index (κ3) is 9.05. The van der Waals surface area contributed by atoms with E-state index < -0.39 is 29.5 Å². The molecular formula is C25H31Cl2F6N3O. The summed E-state index contributed by atoms with van der Waals surface area (Å²) in [5.74, 6) is -0.247.